The maximum absolute atomic E-state index is 12.5. The molecule has 0 spiro atoms. The molecule has 4 rings (SSSR count). The first kappa shape index (κ1) is 21.5. The smallest absolute Gasteiger partial charge is 0.229 e. The minimum atomic E-state index is -1.57. The van der Waals surface area contributed by atoms with Gasteiger partial charge >= 0.3 is 0 Å². The summed E-state index contributed by atoms with van der Waals surface area (Å²) in [5.41, 5.74) is 0.626. The summed E-state index contributed by atoms with van der Waals surface area (Å²) in [6.45, 7) is -0.578. The fraction of sp³-hybridized carbons (Fsp3) is 0.381. The average molecular weight is 434 g/mol. The molecule has 10 heteroatoms. The molecule has 1 saturated heterocycles. The topological polar surface area (TPSA) is 166 Å². The van der Waals surface area contributed by atoms with Gasteiger partial charge in [0.1, 0.15) is 47.8 Å². The molecule has 6 N–H and O–H groups in total. The summed E-state index contributed by atoms with van der Waals surface area (Å²) in [5, 5.41) is 59.1. The number of carbonyl (C=O) groups excluding carboxylic acids is 1. The van der Waals surface area contributed by atoms with E-state index in [2.05, 4.69) is 0 Å². The van der Waals surface area contributed by atoms with Gasteiger partial charge in [0.2, 0.25) is 12.1 Å². The van der Waals surface area contributed by atoms with Crippen molar-refractivity contribution in [3.63, 3.8) is 0 Å². The Morgan fingerprint density at radius 1 is 1.00 bits per heavy atom. The minimum absolute atomic E-state index is 0.0589. The van der Waals surface area contributed by atoms with Crippen LogP contribution < -0.4 is 9.47 Å². The SMILES string of the molecule is O=C1c2ccc(O)cc2OC1C(O)c1ccc(O[C@@H]2O[C@H](CO)[C@@H](O)[C@H](O)[C@H]2O)cc1. The van der Waals surface area contributed by atoms with Crippen LogP contribution in [-0.2, 0) is 4.74 Å². The highest BCUT2D eigenvalue weighted by molar-refractivity contribution is 6.05. The molecule has 2 aliphatic heterocycles. The highest BCUT2D eigenvalue weighted by atomic mass is 16.7. The van der Waals surface area contributed by atoms with E-state index in [-0.39, 0.29) is 22.8 Å². The average Bonchev–Trinajstić information content (AvgIpc) is 3.09. The lowest BCUT2D eigenvalue weighted by molar-refractivity contribution is -0.277. The van der Waals surface area contributed by atoms with Crippen LogP contribution in [0.4, 0.5) is 0 Å². The molecule has 0 amide bonds. The summed E-state index contributed by atoms with van der Waals surface area (Å²) >= 11 is 0. The highest BCUT2D eigenvalue weighted by Crippen LogP contribution is 2.36. The third-order valence-electron chi connectivity index (χ3n) is 5.35. The van der Waals surface area contributed by atoms with E-state index < -0.39 is 55.3 Å². The van der Waals surface area contributed by atoms with Gasteiger partial charge in [0.05, 0.1) is 12.2 Å². The third kappa shape index (κ3) is 3.97. The van der Waals surface area contributed by atoms with Crippen LogP contribution in [0.2, 0.25) is 0 Å². The Morgan fingerprint density at radius 2 is 1.71 bits per heavy atom. The van der Waals surface area contributed by atoms with Crippen molar-refractivity contribution in [1.82, 2.24) is 0 Å². The Balaban J connectivity index is 1.44. The Kier molecular flexibility index (Phi) is 5.84. The summed E-state index contributed by atoms with van der Waals surface area (Å²) < 4.78 is 16.3. The van der Waals surface area contributed by atoms with Crippen molar-refractivity contribution in [2.24, 2.45) is 0 Å². The first-order valence-corrected chi connectivity index (χ1v) is 9.59. The predicted octanol–water partition coefficient (Wildman–Crippen LogP) is -0.752. The molecule has 2 aromatic rings. The van der Waals surface area contributed by atoms with E-state index in [9.17, 15) is 35.4 Å². The number of hydrogen-bond donors (Lipinski definition) is 6. The molecule has 0 radical (unpaired) electrons. The normalized spacial score (nSPS) is 31.1. The molecular formula is C21H22O10. The maximum Gasteiger partial charge on any atom is 0.229 e. The number of fused-ring (bicyclic) bond motifs is 1. The number of aromatic hydroxyl groups is 1. The predicted molar refractivity (Wildman–Crippen MR) is 103 cm³/mol. The van der Waals surface area contributed by atoms with Crippen molar-refractivity contribution in [2.45, 2.75) is 42.9 Å². The molecule has 0 saturated carbocycles. The molecule has 2 heterocycles. The number of ketones is 1. The second-order valence-corrected chi connectivity index (χ2v) is 7.41. The van der Waals surface area contributed by atoms with Crippen molar-refractivity contribution in [1.29, 1.82) is 0 Å². The van der Waals surface area contributed by atoms with Gasteiger partial charge in [-0.1, -0.05) is 12.1 Å². The first-order chi connectivity index (χ1) is 14.8. The lowest BCUT2D eigenvalue weighted by Gasteiger charge is -2.39. The lowest BCUT2D eigenvalue weighted by Crippen LogP contribution is -2.60. The van der Waals surface area contributed by atoms with Gasteiger partial charge in [-0.05, 0) is 29.8 Å². The van der Waals surface area contributed by atoms with Crippen LogP contribution in [0.25, 0.3) is 0 Å². The maximum atomic E-state index is 12.5. The molecule has 7 atom stereocenters. The quantitative estimate of drug-likeness (QED) is 0.352. The van der Waals surface area contributed by atoms with Crippen LogP contribution in [0, 0.1) is 0 Å². The molecule has 0 aliphatic carbocycles. The number of Topliss-reactive ketones (excluding diaryl/α,β-unsaturated/α-hetero) is 1. The van der Waals surface area contributed by atoms with E-state index >= 15 is 0 Å². The van der Waals surface area contributed by atoms with Crippen molar-refractivity contribution < 1.29 is 49.6 Å². The molecule has 2 unspecified atom stereocenters. The van der Waals surface area contributed by atoms with Crippen LogP contribution in [0.5, 0.6) is 17.2 Å². The number of aliphatic hydroxyl groups is 5. The fourth-order valence-corrected chi connectivity index (χ4v) is 3.58. The van der Waals surface area contributed by atoms with Crippen molar-refractivity contribution in [2.75, 3.05) is 6.61 Å². The third-order valence-corrected chi connectivity index (χ3v) is 5.35. The zero-order valence-corrected chi connectivity index (χ0v) is 16.1. The Bertz CT molecular complexity index is 944. The molecule has 10 nitrogen and oxygen atoms in total. The first-order valence-electron chi connectivity index (χ1n) is 9.59. The Labute approximate surface area is 176 Å². The van der Waals surface area contributed by atoms with Crippen LogP contribution in [-0.4, -0.2) is 79.8 Å². The zero-order chi connectivity index (χ0) is 22.3. The number of hydrogen-bond acceptors (Lipinski definition) is 10. The highest BCUT2D eigenvalue weighted by Gasteiger charge is 2.45. The summed E-state index contributed by atoms with van der Waals surface area (Å²) in [7, 11) is 0. The van der Waals surface area contributed by atoms with E-state index in [1.54, 1.807) is 0 Å². The number of phenols is 1. The number of rotatable bonds is 5. The summed E-state index contributed by atoms with van der Waals surface area (Å²) in [6.07, 6.45) is -9.51. The van der Waals surface area contributed by atoms with Crippen LogP contribution in [0.15, 0.2) is 42.5 Å². The van der Waals surface area contributed by atoms with Gasteiger partial charge in [-0.2, -0.15) is 0 Å². The molecule has 31 heavy (non-hydrogen) atoms. The minimum Gasteiger partial charge on any atom is -0.508 e. The van der Waals surface area contributed by atoms with Crippen molar-refractivity contribution in [3.05, 3.63) is 53.6 Å². The van der Waals surface area contributed by atoms with Gasteiger partial charge in [-0.3, -0.25) is 4.79 Å². The molecule has 2 aliphatic rings. The summed E-state index contributed by atoms with van der Waals surface area (Å²) in [4.78, 5) is 12.5. The molecule has 1 fully saturated rings. The van der Waals surface area contributed by atoms with E-state index in [4.69, 9.17) is 14.2 Å². The molecule has 0 bridgehead atoms. The summed E-state index contributed by atoms with van der Waals surface area (Å²) in [6, 6.07) is 9.98. The van der Waals surface area contributed by atoms with Crippen LogP contribution in [0.1, 0.15) is 22.0 Å². The number of carbonyl (C=O) groups is 1. The molecule has 0 aromatic heterocycles. The van der Waals surface area contributed by atoms with Gasteiger partial charge in [0.15, 0.2) is 6.10 Å². The van der Waals surface area contributed by atoms with Gasteiger partial charge in [-0.25, -0.2) is 0 Å². The van der Waals surface area contributed by atoms with Gasteiger partial charge < -0.3 is 44.8 Å². The van der Waals surface area contributed by atoms with Crippen molar-refractivity contribution in [3.8, 4) is 17.2 Å². The zero-order valence-electron chi connectivity index (χ0n) is 16.1. The number of benzene rings is 2. The van der Waals surface area contributed by atoms with Crippen molar-refractivity contribution >= 4 is 5.78 Å². The number of ether oxygens (including phenoxy) is 3. The van der Waals surface area contributed by atoms with E-state index in [0.717, 1.165) is 0 Å². The van der Waals surface area contributed by atoms with Gasteiger partial charge in [0.25, 0.3) is 0 Å². The fourth-order valence-electron chi connectivity index (χ4n) is 3.58. The number of phenolic OH excluding ortho intramolecular Hbond substituents is 1. The molecular weight excluding hydrogens is 412 g/mol. The Morgan fingerprint density at radius 3 is 2.39 bits per heavy atom. The number of aliphatic hydroxyl groups excluding tert-OH is 5. The van der Waals surface area contributed by atoms with E-state index in [1.807, 2.05) is 0 Å². The van der Waals surface area contributed by atoms with E-state index in [1.165, 1.54) is 42.5 Å². The molecule has 2 aromatic carbocycles. The van der Waals surface area contributed by atoms with Gasteiger partial charge in [-0.15, -0.1) is 0 Å². The van der Waals surface area contributed by atoms with E-state index in [0.29, 0.717) is 5.56 Å². The second-order valence-electron chi connectivity index (χ2n) is 7.41. The summed E-state index contributed by atoms with van der Waals surface area (Å²) in [5.74, 6) is -0.0655. The van der Waals surface area contributed by atoms with Crippen LogP contribution in [0.3, 0.4) is 0 Å². The van der Waals surface area contributed by atoms with Gasteiger partial charge in [0, 0.05) is 6.07 Å². The standard InChI is InChI=1S/C21H22O10/c22-8-14-17(26)18(27)19(28)21(31-14)29-11-4-1-9(2-5-11)15(24)20-16(25)12-6-3-10(23)7-13(12)30-20/h1-7,14-15,17-24,26-28H,8H2/t14-,15?,17-,18+,19-,20?,21-/m1/s1. The van der Waals surface area contributed by atoms with Crippen LogP contribution >= 0.6 is 0 Å². The second kappa shape index (κ2) is 8.42. The largest absolute Gasteiger partial charge is 0.508 e. The Hall–Kier alpha value is -2.73. The molecule has 166 valence electrons. The lowest BCUT2D eigenvalue weighted by atomic mass is 9.98. The monoisotopic (exact) mass is 434 g/mol.